The fraction of sp³-hybridized carbons (Fsp3) is 0.600. The van der Waals surface area contributed by atoms with E-state index in [2.05, 4.69) is 0 Å². The minimum Gasteiger partial charge on any atom is -0.364 e. The van der Waals surface area contributed by atoms with E-state index in [9.17, 15) is 13.2 Å². The lowest BCUT2D eigenvalue weighted by Crippen LogP contribution is -2.33. The summed E-state index contributed by atoms with van der Waals surface area (Å²) < 4.78 is 42.2. The first-order valence-corrected chi connectivity index (χ1v) is 4.60. The summed E-state index contributed by atoms with van der Waals surface area (Å²) in [5.74, 6) is 0. The van der Waals surface area contributed by atoms with E-state index < -0.39 is 12.3 Å². The summed E-state index contributed by atoms with van der Waals surface area (Å²) in [6.45, 7) is 1.63. The first-order chi connectivity index (χ1) is 6.55. The monoisotopic (exact) mass is 206 g/mol. The van der Waals surface area contributed by atoms with Crippen LogP contribution in [0.3, 0.4) is 0 Å². The van der Waals surface area contributed by atoms with Crippen molar-refractivity contribution in [3.63, 3.8) is 0 Å². The van der Waals surface area contributed by atoms with Gasteiger partial charge in [0.2, 0.25) is 0 Å². The SMILES string of the molecule is CCOC(C1=CCCC=C1)C(F)(F)F. The van der Waals surface area contributed by atoms with Crippen LogP contribution < -0.4 is 0 Å². The van der Waals surface area contributed by atoms with Crippen LogP contribution in [0.4, 0.5) is 13.2 Å². The second-order valence-corrected chi connectivity index (χ2v) is 3.06. The van der Waals surface area contributed by atoms with Gasteiger partial charge in [0.05, 0.1) is 0 Å². The van der Waals surface area contributed by atoms with Gasteiger partial charge in [0.15, 0.2) is 6.10 Å². The summed E-state index contributed by atoms with van der Waals surface area (Å²) in [5, 5.41) is 0. The van der Waals surface area contributed by atoms with Crippen molar-refractivity contribution in [1.82, 2.24) is 0 Å². The highest BCUT2D eigenvalue weighted by atomic mass is 19.4. The molecule has 4 heteroatoms. The quantitative estimate of drug-likeness (QED) is 0.688. The molecule has 1 aliphatic carbocycles. The fourth-order valence-corrected chi connectivity index (χ4v) is 1.37. The third kappa shape index (κ3) is 2.87. The van der Waals surface area contributed by atoms with Crippen LogP contribution in [0.2, 0.25) is 0 Å². The van der Waals surface area contributed by atoms with Crippen LogP contribution >= 0.6 is 0 Å². The Balaban J connectivity index is 2.77. The molecule has 0 bridgehead atoms. The maximum atomic E-state index is 12.5. The van der Waals surface area contributed by atoms with E-state index in [-0.39, 0.29) is 12.2 Å². The van der Waals surface area contributed by atoms with Gasteiger partial charge in [-0.05, 0) is 25.3 Å². The lowest BCUT2D eigenvalue weighted by atomic mass is 10.0. The fourth-order valence-electron chi connectivity index (χ4n) is 1.37. The zero-order valence-corrected chi connectivity index (χ0v) is 7.97. The molecule has 0 amide bonds. The average molecular weight is 206 g/mol. The summed E-state index contributed by atoms with van der Waals surface area (Å²) in [4.78, 5) is 0. The van der Waals surface area contributed by atoms with Gasteiger partial charge < -0.3 is 4.74 Å². The molecule has 0 aromatic carbocycles. The van der Waals surface area contributed by atoms with Gasteiger partial charge in [-0.1, -0.05) is 18.2 Å². The zero-order chi connectivity index (χ0) is 10.6. The predicted molar refractivity (Wildman–Crippen MR) is 47.9 cm³/mol. The number of rotatable bonds is 3. The van der Waals surface area contributed by atoms with E-state index in [4.69, 9.17) is 4.74 Å². The molecule has 0 spiro atoms. The van der Waals surface area contributed by atoms with Gasteiger partial charge in [-0.15, -0.1) is 0 Å². The molecule has 0 fully saturated rings. The third-order valence-corrected chi connectivity index (χ3v) is 1.96. The Morgan fingerprint density at radius 1 is 1.43 bits per heavy atom. The molecule has 14 heavy (non-hydrogen) atoms. The minimum atomic E-state index is -4.32. The average Bonchev–Trinajstić information content (AvgIpc) is 2.14. The van der Waals surface area contributed by atoms with Crippen molar-refractivity contribution < 1.29 is 17.9 Å². The number of alkyl halides is 3. The Labute approximate surface area is 81.2 Å². The van der Waals surface area contributed by atoms with E-state index in [0.29, 0.717) is 6.42 Å². The van der Waals surface area contributed by atoms with Crippen molar-refractivity contribution >= 4 is 0 Å². The Bertz CT molecular complexity index is 240. The largest absolute Gasteiger partial charge is 0.418 e. The number of hydrogen-bond donors (Lipinski definition) is 0. The Hall–Kier alpha value is -0.770. The molecule has 0 saturated heterocycles. The summed E-state index contributed by atoms with van der Waals surface area (Å²) in [5.41, 5.74) is 0.227. The standard InChI is InChI=1S/C10H13F3O/c1-2-14-9(10(11,12)13)8-6-4-3-5-7-8/h4,6-7,9H,2-3,5H2,1H3. The normalized spacial score (nSPS) is 19.3. The summed E-state index contributed by atoms with van der Waals surface area (Å²) >= 11 is 0. The number of ether oxygens (including phenoxy) is 1. The van der Waals surface area contributed by atoms with Crippen molar-refractivity contribution in [1.29, 1.82) is 0 Å². The van der Waals surface area contributed by atoms with Gasteiger partial charge in [-0.2, -0.15) is 13.2 Å². The molecule has 1 nitrogen and oxygen atoms in total. The topological polar surface area (TPSA) is 9.23 Å². The highest BCUT2D eigenvalue weighted by Crippen LogP contribution is 2.30. The highest BCUT2D eigenvalue weighted by molar-refractivity contribution is 5.27. The smallest absolute Gasteiger partial charge is 0.364 e. The molecule has 0 N–H and O–H groups in total. The van der Waals surface area contributed by atoms with E-state index in [1.807, 2.05) is 0 Å². The Morgan fingerprint density at radius 2 is 2.14 bits per heavy atom. The van der Waals surface area contributed by atoms with Crippen molar-refractivity contribution in [3.8, 4) is 0 Å². The number of hydrogen-bond acceptors (Lipinski definition) is 1. The van der Waals surface area contributed by atoms with Crippen molar-refractivity contribution in [2.24, 2.45) is 0 Å². The summed E-state index contributed by atoms with van der Waals surface area (Å²) in [6.07, 6.45) is 0.219. The van der Waals surface area contributed by atoms with Crippen molar-refractivity contribution in [3.05, 3.63) is 23.8 Å². The maximum absolute atomic E-state index is 12.5. The van der Waals surface area contributed by atoms with Gasteiger partial charge in [0, 0.05) is 6.61 Å². The number of allylic oxidation sites excluding steroid dienone is 2. The molecule has 0 heterocycles. The number of halogens is 3. The highest BCUT2D eigenvalue weighted by Gasteiger charge is 2.42. The van der Waals surface area contributed by atoms with Crippen LogP contribution in [-0.4, -0.2) is 18.9 Å². The van der Waals surface area contributed by atoms with Crippen molar-refractivity contribution in [2.45, 2.75) is 32.0 Å². The summed E-state index contributed by atoms with van der Waals surface area (Å²) in [7, 11) is 0. The molecule has 0 aliphatic heterocycles. The molecule has 80 valence electrons. The van der Waals surface area contributed by atoms with Crippen LogP contribution in [0.25, 0.3) is 0 Å². The van der Waals surface area contributed by atoms with Crippen LogP contribution in [-0.2, 0) is 4.74 Å². The molecule has 0 radical (unpaired) electrons. The van der Waals surface area contributed by atoms with Gasteiger partial charge in [-0.25, -0.2) is 0 Å². The lowest BCUT2D eigenvalue weighted by Gasteiger charge is -2.22. The second-order valence-electron chi connectivity index (χ2n) is 3.06. The van der Waals surface area contributed by atoms with E-state index in [1.54, 1.807) is 19.1 Å². The maximum Gasteiger partial charge on any atom is 0.418 e. The molecule has 0 aromatic heterocycles. The van der Waals surface area contributed by atoms with Gasteiger partial charge in [0.1, 0.15) is 0 Å². The molecule has 1 unspecified atom stereocenters. The molecule has 0 saturated carbocycles. The molecular formula is C10H13F3O. The molecule has 1 rings (SSSR count). The van der Waals surface area contributed by atoms with Gasteiger partial charge in [-0.3, -0.25) is 0 Å². The summed E-state index contributed by atoms with van der Waals surface area (Å²) in [6, 6.07) is 0. The van der Waals surface area contributed by atoms with Gasteiger partial charge >= 0.3 is 6.18 Å². The zero-order valence-electron chi connectivity index (χ0n) is 7.97. The Morgan fingerprint density at radius 3 is 2.57 bits per heavy atom. The molecular weight excluding hydrogens is 193 g/mol. The van der Waals surface area contributed by atoms with E-state index in [0.717, 1.165) is 6.42 Å². The second kappa shape index (κ2) is 4.64. The first kappa shape index (κ1) is 11.3. The van der Waals surface area contributed by atoms with Crippen LogP contribution in [0, 0.1) is 0 Å². The minimum absolute atomic E-state index is 0.0648. The van der Waals surface area contributed by atoms with Crippen LogP contribution in [0.15, 0.2) is 23.8 Å². The third-order valence-electron chi connectivity index (χ3n) is 1.96. The first-order valence-electron chi connectivity index (χ1n) is 4.60. The van der Waals surface area contributed by atoms with E-state index in [1.165, 1.54) is 6.08 Å². The van der Waals surface area contributed by atoms with E-state index >= 15 is 0 Å². The van der Waals surface area contributed by atoms with Gasteiger partial charge in [0.25, 0.3) is 0 Å². The molecule has 0 aromatic rings. The Kier molecular flexibility index (Phi) is 3.75. The molecule has 1 aliphatic rings. The predicted octanol–water partition coefficient (Wildman–Crippen LogP) is 3.23. The van der Waals surface area contributed by atoms with Crippen LogP contribution in [0.1, 0.15) is 19.8 Å². The van der Waals surface area contributed by atoms with Crippen LogP contribution in [0.5, 0.6) is 0 Å². The van der Waals surface area contributed by atoms with Crippen molar-refractivity contribution in [2.75, 3.05) is 6.61 Å². The molecule has 1 atom stereocenters. The lowest BCUT2D eigenvalue weighted by molar-refractivity contribution is -0.205.